The van der Waals surface area contributed by atoms with Crippen LogP contribution in [0.1, 0.15) is 49.7 Å². The molecule has 5 heteroatoms. The maximum atomic E-state index is 5.81. The molecule has 1 aromatic heterocycles. The van der Waals surface area contributed by atoms with E-state index in [9.17, 15) is 0 Å². The van der Waals surface area contributed by atoms with Crippen molar-refractivity contribution in [3.63, 3.8) is 0 Å². The lowest BCUT2D eigenvalue weighted by Gasteiger charge is -2.38. The molecule has 0 atom stereocenters. The number of hydrogen-bond acceptors (Lipinski definition) is 5. The van der Waals surface area contributed by atoms with E-state index >= 15 is 0 Å². The summed E-state index contributed by atoms with van der Waals surface area (Å²) in [6.45, 7) is 4.69. The third-order valence-electron chi connectivity index (χ3n) is 4.63. The lowest BCUT2D eigenvalue weighted by Crippen LogP contribution is -2.42. The first-order valence-corrected chi connectivity index (χ1v) is 9.00. The number of aromatic nitrogens is 1. The van der Waals surface area contributed by atoms with Crippen LogP contribution in [0.2, 0.25) is 0 Å². The summed E-state index contributed by atoms with van der Waals surface area (Å²) in [4.78, 5) is 7.18. The van der Waals surface area contributed by atoms with Crippen LogP contribution in [0, 0.1) is 0 Å². The van der Waals surface area contributed by atoms with Crippen molar-refractivity contribution in [1.82, 2.24) is 9.88 Å². The summed E-state index contributed by atoms with van der Waals surface area (Å²) < 4.78 is 11.6. The molecule has 0 unspecified atom stereocenters. The maximum absolute atomic E-state index is 5.81. The molecule has 0 bridgehead atoms. The van der Waals surface area contributed by atoms with Gasteiger partial charge in [-0.1, -0.05) is 6.92 Å². The van der Waals surface area contributed by atoms with Gasteiger partial charge in [0.15, 0.2) is 5.79 Å². The van der Waals surface area contributed by atoms with Gasteiger partial charge in [0.25, 0.3) is 0 Å². The van der Waals surface area contributed by atoms with Crippen molar-refractivity contribution >= 4 is 11.3 Å². The molecule has 0 radical (unpaired) electrons. The van der Waals surface area contributed by atoms with Gasteiger partial charge in [-0.05, 0) is 32.7 Å². The molecule has 2 aliphatic rings. The molecule has 118 valence electrons. The van der Waals surface area contributed by atoms with Crippen LogP contribution >= 0.6 is 11.3 Å². The number of ether oxygens (including phenoxy) is 2. The second-order valence-corrected chi connectivity index (χ2v) is 7.18. The zero-order valence-electron chi connectivity index (χ0n) is 13.1. The monoisotopic (exact) mass is 310 g/mol. The summed E-state index contributed by atoms with van der Waals surface area (Å²) in [7, 11) is 2.22. The zero-order valence-corrected chi connectivity index (χ0v) is 14.0. The average molecular weight is 310 g/mol. The summed E-state index contributed by atoms with van der Waals surface area (Å²) in [5.41, 5.74) is 1.22. The van der Waals surface area contributed by atoms with Crippen molar-refractivity contribution in [2.75, 3.05) is 20.3 Å². The first kappa shape index (κ1) is 15.4. The van der Waals surface area contributed by atoms with E-state index in [1.165, 1.54) is 17.1 Å². The fourth-order valence-corrected chi connectivity index (χ4v) is 4.29. The Balaban J connectivity index is 1.50. The Morgan fingerprint density at radius 3 is 2.71 bits per heavy atom. The van der Waals surface area contributed by atoms with Crippen LogP contribution in [0.15, 0.2) is 5.38 Å². The second kappa shape index (κ2) is 6.73. The van der Waals surface area contributed by atoms with E-state index in [1.54, 1.807) is 11.3 Å². The van der Waals surface area contributed by atoms with Gasteiger partial charge in [-0.3, -0.25) is 4.90 Å². The van der Waals surface area contributed by atoms with Crippen LogP contribution in [0.4, 0.5) is 0 Å². The molecule has 0 aromatic carbocycles. The largest absolute Gasteiger partial charge is 0.348 e. The number of rotatable bonds is 5. The minimum atomic E-state index is -0.244. The highest BCUT2D eigenvalue weighted by molar-refractivity contribution is 7.09. The Morgan fingerprint density at radius 1 is 1.33 bits per heavy atom. The molecular formula is C16H26N2O2S. The molecule has 1 aliphatic carbocycles. The van der Waals surface area contributed by atoms with Gasteiger partial charge in [0.05, 0.1) is 23.9 Å². The van der Waals surface area contributed by atoms with Gasteiger partial charge in [-0.2, -0.15) is 0 Å². The number of aryl methyl sites for hydroxylation is 1. The highest BCUT2D eigenvalue weighted by Gasteiger charge is 2.41. The number of thiazole rings is 1. The molecule has 4 nitrogen and oxygen atoms in total. The highest BCUT2D eigenvalue weighted by atomic mass is 32.1. The standard InChI is InChI=1S/C16H26N2O2S/c1-3-4-15-17-13(12-21-15)11-18(2)14-5-7-16(8-6-14)19-9-10-20-16/h12,14H,3-11H2,1-2H3. The maximum Gasteiger partial charge on any atom is 0.168 e. The summed E-state index contributed by atoms with van der Waals surface area (Å²) in [5.74, 6) is -0.244. The average Bonchev–Trinajstić information content (AvgIpc) is 3.11. The smallest absolute Gasteiger partial charge is 0.168 e. The third-order valence-corrected chi connectivity index (χ3v) is 5.59. The van der Waals surface area contributed by atoms with Crippen molar-refractivity contribution in [1.29, 1.82) is 0 Å². The molecule has 2 fully saturated rings. The quantitative estimate of drug-likeness (QED) is 0.836. The second-order valence-electron chi connectivity index (χ2n) is 6.24. The highest BCUT2D eigenvalue weighted by Crippen LogP contribution is 2.37. The molecular weight excluding hydrogens is 284 g/mol. The lowest BCUT2D eigenvalue weighted by molar-refractivity contribution is -0.183. The van der Waals surface area contributed by atoms with Crippen molar-refractivity contribution in [2.45, 2.75) is 63.8 Å². The minimum Gasteiger partial charge on any atom is -0.348 e. The van der Waals surface area contributed by atoms with Crippen LogP contribution in [0.25, 0.3) is 0 Å². The van der Waals surface area contributed by atoms with Gasteiger partial charge >= 0.3 is 0 Å². The van der Waals surface area contributed by atoms with E-state index in [0.29, 0.717) is 6.04 Å². The SMILES string of the molecule is CCCc1nc(CN(C)C2CCC3(CC2)OCCO3)cs1. The molecule has 1 aliphatic heterocycles. The Labute approximate surface area is 131 Å². The molecule has 1 saturated carbocycles. The Morgan fingerprint density at radius 2 is 2.05 bits per heavy atom. The van der Waals surface area contributed by atoms with E-state index in [1.807, 2.05) is 0 Å². The molecule has 0 N–H and O–H groups in total. The summed E-state index contributed by atoms with van der Waals surface area (Å²) >= 11 is 1.80. The van der Waals surface area contributed by atoms with E-state index in [0.717, 1.165) is 51.9 Å². The lowest BCUT2D eigenvalue weighted by atomic mass is 9.89. The van der Waals surface area contributed by atoms with Gasteiger partial charge < -0.3 is 9.47 Å². The van der Waals surface area contributed by atoms with Crippen LogP contribution in [-0.4, -0.2) is 42.0 Å². The van der Waals surface area contributed by atoms with Crippen molar-refractivity contribution in [3.8, 4) is 0 Å². The Hall–Kier alpha value is -0.490. The predicted molar refractivity (Wildman–Crippen MR) is 84.5 cm³/mol. The van der Waals surface area contributed by atoms with Gasteiger partial charge in [0.1, 0.15) is 0 Å². The summed E-state index contributed by atoms with van der Waals surface area (Å²) in [6, 6.07) is 0.625. The molecule has 1 saturated heterocycles. The molecule has 2 heterocycles. The molecule has 1 aromatic rings. The first-order chi connectivity index (χ1) is 10.2. The fraction of sp³-hybridized carbons (Fsp3) is 0.812. The summed E-state index contributed by atoms with van der Waals surface area (Å²) in [6.07, 6.45) is 6.65. The van der Waals surface area contributed by atoms with Crippen LogP contribution < -0.4 is 0 Å². The van der Waals surface area contributed by atoms with Gasteiger partial charge in [-0.25, -0.2) is 4.98 Å². The van der Waals surface area contributed by atoms with Crippen molar-refractivity contribution < 1.29 is 9.47 Å². The molecule has 3 rings (SSSR count). The third kappa shape index (κ3) is 3.65. The van der Waals surface area contributed by atoms with Crippen LogP contribution in [-0.2, 0) is 22.4 Å². The first-order valence-electron chi connectivity index (χ1n) is 8.12. The van der Waals surface area contributed by atoms with Gasteiger partial charge in [-0.15, -0.1) is 11.3 Å². The van der Waals surface area contributed by atoms with Crippen LogP contribution in [0.5, 0.6) is 0 Å². The predicted octanol–water partition coefficient (Wildman–Crippen LogP) is 3.21. The van der Waals surface area contributed by atoms with Gasteiger partial charge in [0, 0.05) is 30.8 Å². The minimum absolute atomic E-state index is 0.244. The molecule has 21 heavy (non-hydrogen) atoms. The van der Waals surface area contributed by atoms with Crippen molar-refractivity contribution in [2.24, 2.45) is 0 Å². The molecule has 1 spiro atoms. The number of hydrogen-bond donors (Lipinski definition) is 0. The van der Waals surface area contributed by atoms with Gasteiger partial charge in [0.2, 0.25) is 0 Å². The zero-order chi connectivity index (χ0) is 14.7. The van der Waals surface area contributed by atoms with Crippen molar-refractivity contribution in [3.05, 3.63) is 16.1 Å². The van der Waals surface area contributed by atoms with E-state index in [2.05, 4.69) is 24.3 Å². The normalized spacial score (nSPS) is 22.4. The topological polar surface area (TPSA) is 34.6 Å². The fourth-order valence-electron chi connectivity index (χ4n) is 3.40. The van der Waals surface area contributed by atoms with E-state index < -0.39 is 0 Å². The Kier molecular flexibility index (Phi) is 4.94. The summed E-state index contributed by atoms with van der Waals surface area (Å²) in [5, 5.41) is 3.49. The van der Waals surface area contributed by atoms with E-state index in [-0.39, 0.29) is 5.79 Å². The number of nitrogens with zero attached hydrogens (tertiary/aromatic N) is 2. The molecule has 0 amide bonds. The Bertz CT molecular complexity index is 447. The van der Waals surface area contributed by atoms with E-state index in [4.69, 9.17) is 14.5 Å². The van der Waals surface area contributed by atoms with Crippen LogP contribution in [0.3, 0.4) is 0 Å².